The van der Waals surface area contributed by atoms with E-state index in [1.807, 2.05) is 5.32 Å². The lowest BCUT2D eigenvalue weighted by molar-refractivity contribution is -0.116. The Morgan fingerprint density at radius 3 is 2.28 bits per heavy atom. The Labute approximate surface area is 138 Å². The number of nitrogens with one attached hydrogen (secondary N) is 2. The lowest BCUT2D eigenvalue weighted by Crippen LogP contribution is -2.28. The van der Waals surface area contributed by atoms with E-state index in [1.165, 1.54) is 0 Å². The van der Waals surface area contributed by atoms with Crippen molar-refractivity contribution >= 4 is 17.5 Å². The number of halogens is 5. The number of anilines is 1. The third kappa shape index (κ3) is 4.52. The second kappa shape index (κ2) is 7.73. The number of hydrogen-bond donors (Lipinski definition) is 2. The summed E-state index contributed by atoms with van der Waals surface area (Å²) in [4.78, 5) is 23.3. The van der Waals surface area contributed by atoms with Gasteiger partial charge in [0.2, 0.25) is 5.91 Å². The molecule has 0 aliphatic carbocycles. The first-order chi connectivity index (χ1) is 11.8. The van der Waals surface area contributed by atoms with Crippen LogP contribution in [0.1, 0.15) is 16.8 Å². The molecule has 4 nitrogen and oxygen atoms in total. The number of carbonyl (C=O) groups excluding carboxylic acids is 2. The molecule has 0 fully saturated rings. The number of hydrogen-bond acceptors (Lipinski definition) is 2. The van der Waals surface area contributed by atoms with Crippen LogP contribution in [-0.4, -0.2) is 18.4 Å². The van der Waals surface area contributed by atoms with Gasteiger partial charge >= 0.3 is 0 Å². The summed E-state index contributed by atoms with van der Waals surface area (Å²) in [7, 11) is 0. The third-order valence-corrected chi connectivity index (χ3v) is 3.12. The fourth-order valence-electron chi connectivity index (χ4n) is 1.89. The minimum Gasteiger partial charge on any atom is -0.351 e. The van der Waals surface area contributed by atoms with Crippen molar-refractivity contribution in [1.29, 1.82) is 0 Å². The molecule has 0 spiro atoms. The maximum Gasteiger partial charge on any atom is 0.254 e. The fourth-order valence-corrected chi connectivity index (χ4v) is 1.89. The Hall–Kier alpha value is -2.97. The first-order valence-corrected chi connectivity index (χ1v) is 6.96. The highest BCUT2D eigenvalue weighted by Crippen LogP contribution is 2.19. The lowest BCUT2D eigenvalue weighted by Gasteiger charge is -2.08. The molecule has 0 aliphatic rings. The van der Waals surface area contributed by atoms with E-state index in [0.29, 0.717) is 12.1 Å². The topological polar surface area (TPSA) is 58.2 Å². The molecule has 0 aromatic heterocycles. The molecule has 0 unspecified atom stereocenters. The van der Waals surface area contributed by atoms with Gasteiger partial charge in [0.05, 0.1) is 11.3 Å². The van der Waals surface area contributed by atoms with E-state index in [9.17, 15) is 31.5 Å². The van der Waals surface area contributed by atoms with Gasteiger partial charge in [-0.05, 0) is 24.3 Å². The van der Waals surface area contributed by atoms with Crippen LogP contribution in [0.15, 0.2) is 30.3 Å². The predicted molar refractivity (Wildman–Crippen MR) is 78.3 cm³/mol. The van der Waals surface area contributed by atoms with E-state index < -0.39 is 52.2 Å². The Kier molecular flexibility index (Phi) is 5.68. The molecule has 0 saturated heterocycles. The van der Waals surface area contributed by atoms with Crippen LogP contribution in [-0.2, 0) is 4.79 Å². The summed E-state index contributed by atoms with van der Waals surface area (Å²) in [6.45, 7) is -0.243. The zero-order valence-electron chi connectivity index (χ0n) is 12.5. The zero-order valence-corrected chi connectivity index (χ0v) is 12.5. The number of rotatable bonds is 5. The average Bonchev–Trinajstić information content (AvgIpc) is 2.55. The van der Waals surface area contributed by atoms with Crippen LogP contribution < -0.4 is 10.6 Å². The van der Waals surface area contributed by atoms with Gasteiger partial charge in [0.25, 0.3) is 5.91 Å². The predicted octanol–water partition coefficient (Wildman–Crippen LogP) is 3.14. The van der Waals surface area contributed by atoms with Crippen LogP contribution in [0.5, 0.6) is 0 Å². The number of benzene rings is 2. The molecule has 9 heteroatoms. The normalized spacial score (nSPS) is 10.4. The van der Waals surface area contributed by atoms with Crippen molar-refractivity contribution in [3.63, 3.8) is 0 Å². The Balaban J connectivity index is 1.88. The highest BCUT2D eigenvalue weighted by atomic mass is 19.2. The van der Waals surface area contributed by atoms with Gasteiger partial charge in [0.1, 0.15) is 11.6 Å². The summed E-state index contributed by atoms with van der Waals surface area (Å²) in [5.74, 6) is -8.24. The molecule has 0 atom stereocenters. The van der Waals surface area contributed by atoms with E-state index in [-0.39, 0.29) is 13.0 Å². The standard InChI is InChI=1S/C16H11F5N2O2/c17-8-1-2-9(11(19)7-8)16(25)22-6-5-13(24)23-12-4-3-10(18)14(20)15(12)21/h1-4,7H,5-6H2,(H,22,25)(H,23,24). The van der Waals surface area contributed by atoms with Crippen molar-refractivity contribution in [3.05, 3.63) is 65.0 Å². The molecular weight excluding hydrogens is 347 g/mol. The van der Waals surface area contributed by atoms with Crippen LogP contribution in [0.2, 0.25) is 0 Å². The second-order valence-corrected chi connectivity index (χ2v) is 4.90. The SMILES string of the molecule is O=C(CCNC(=O)c1ccc(F)cc1F)Nc1ccc(F)c(F)c1F. The van der Waals surface area contributed by atoms with Gasteiger partial charge in [-0.1, -0.05) is 0 Å². The van der Waals surface area contributed by atoms with E-state index >= 15 is 0 Å². The molecule has 2 rings (SSSR count). The van der Waals surface area contributed by atoms with Crippen LogP contribution in [0, 0.1) is 29.1 Å². The molecule has 2 aromatic rings. The highest BCUT2D eigenvalue weighted by Gasteiger charge is 2.16. The molecule has 0 aliphatic heterocycles. The summed E-state index contributed by atoms with van der Waals surface area (Å²) in [5.41, 5.74) is -0.965. The van der Waals surface area contributed by atoms with E-state index in [1.54, 1.807) is 0 Å². The summed E-state index contributed by atoms with van der Waals surface area (Å²) in [6.07, 6.45) is -0.340. The Morgan fingerprint density at radius 1 is 0.880 bits per heavy atom. The van der Waals surface area contributed by atoms with Crippen LogP contribution in [0.25, 0.3) is 0 Å². The first kappa shape index (κ1) is 18.4. The van der Waals surface area contributed by atoms with Crippen molar-refractivity contribution in [2.75, 3.05) is 11.9 Å². The molecule has 132 valence electrons. The van der Waals surface area contributed by atoms with Crippen LogP contribution >= 0.6 is 0 Å². The minimum absolute atomic E-state index is 0.243. The monoisotopic (exact) mass is 358 g/mol. The van der Waals surface area contributed by atoms with Gasteiger partial charge in [-0.25, -0.2) is 22.0 Å². The van der Waals surface area contributed by atoms with E-state index in [2.05, 4.69) is 5.32 Å². The van der Waals surface area contributed by atoms with Crippen molar-refractivity contribution in [3.8, 4) is 0 Å². The minimum atomic E-state index is -1.72. The largest absolute Gasteiger partial charge is 0.351 e. The molecule has 2 N–H and O–H groups in total. The number of amides is 2. The molecule has 0 heterocycles. The fraction of sp³-hybridized carbons (Fsp3) is 0.125. The van der Waals surface area contributed by atoms with Crippen molar-refractivity contribution in [2.24, 2.45) is 0 Å². The molecule has 2 amide bonds. The first-order valence-electron chi connectivity index (χ1n) is 6.96. The van der Waals surface area contributed by atoms with Crippen LogP contribution in [0.3, 0.4) is 0 Å². The molecule has 25 heavy (non-hydrogen) atoms. The van der Waals surface area contributed by atoms with Gasteiger partial charge < -0.3 is 10.6 Å². The van der Waals surface area contributed by atoms with Crippen molar-refractivity contribution in [1.82, 2.24) is 5.32 Å². The summed E-state index contributed by atoms with van der Waals surface area (Å²) >= 11 is 0. The smallest absolute Gasteiger partial charge is 0.254 e. The summed E-state index contributed by atoms with van der Waals surface area (Å²) < 4.78 is 65.4. The summed E-state index contributed by atoms with van der Waals surface area (Å²) in [5, 5.41) is 4.24. The quantitative estimate of drug-likeness (QED) is 0.637. The molecular formula is C16H11F5N2O2. The van der Waals surface area contributed by atoms with Gasteiger partial charge in [0.15, 0.2) is 17.5 Å². The summed E-state index contributed by atoms with van der Waals surface area (Å²) in [6, 6.07) is 3.87. The molecule has 0 radical (unpaired) electrons. The zero-order chi connectivity index (χ0) is 18.6. The van der Waals surface area contributed by atoms with Gasteiger partial charge in [0, 0.05) is 19.0 Å². The van der Waals surface area contributed by atoms with Gasteiger partial charge in [-0.2, -0.15) is 0 Å². The molecule has 0 saturated carbocycles. The maximum atomic E-state index is 13.4. The van der Waals surface area contributed by atoms with Gasteiger partial charge in [-0.3, -0.25) is 9.59 Å². The number of carbonyl (C=O) groups is 2. The highest BCUT2D eigenvalue weighted by molar-refractivity contribution is 5.95. The Morgan fingerprint density at radius 2 is 1.60 bits per heavy atom. The van der Waals surface area contributed by atoms with Crippen molar-refractivity contribution in [2.45, 2.75) is 6.42 Å². The Bertz CT molecular complexity index is 826. The van der Waals surface area contributed by atoms with Crippen molar-refractivity contribution < 1.29 is 31.5 Å². The molecule has 2 aromatic carbocycles. The second-order valence-electron chi connectivity index (χ2n) is 4.90. The molecule has 0 bridgehead atoms. The average molecular weight is 358 g/mol. The van der Waals surface area contributed by atoms with Crippen LogP contribution in [0.4, 0.5) is 27.6 Å². The maximum absolute atomic E-state index is 13.4. The third-order valence-electron chi connectivity index (χ3n) is 3.12. The lowest BCUT2D eigenvalue weighted by atomic mass is 10.2. The van der Waals surface area contributed by atoms with E-state index in [4.69, 9.17) is 0 Å². The van der Waals surface area contributed by atoms with Gasteiger partial charge in [-0.15, -0.1) is 0 Å². The van der Waals surface area contributed by atoms with E-state index in [0.717, 1.165) is 18.2 Å².